The van der Waals surface area contributed by atoms with Gasteiger partial charge >= 0.3 is 5.97 Å². The molecule has 0 saturated heterocycles. The Morgan fingerprint density at radius 2 is 2.08 bits per heavy atom. The number of carboxylic acids is 1. The van der Waals surface area contributed by atoms with E-state index in [9.17, 15) is 9.59 Å². The van der Waals surface area contributed by atoms with Gasteiger partial charge in [-0.25, -0.2) is 4.79 Å². The van der Waals surface area contributed by atoms with E-state index in [1.165, 1.54) is 12.1 Å². The van der Waals surface area contributed by atoms with Crippen LogP contribution in [-0.4, -0.2) is 30.2 Å². The summed E-state index contributed by atoms with van der Waals surface area (Å²) >= 11 is 0. The molecule has 2 aromatic rings. The first-order valence-electron chi connectivity index (χ1n) is 7.45. The standard InChI is InChI=1S/C17H17NO6/c1-9-5-10-6-14(22-2)11(7-15(10)23-9)8-18-16(19)12-3-4-13(24-12)17(20)21/h3-4,6-7,9H,5,8H2,1-2H3,(H,18,19)(H,20,21). The molecule has 1 aromatic carbocycles. The maximum Gasteiger partial charge on any atom is 0.371 e. The van der Waals surface area contributed by atoms with E-state index in [1.54, 1.807) is 7.11 Å². The Kier molecular flexibility index (Phi) is 4.16. The number of benzene rings is 1. The van der Waals surface area contributed by atoms with E-state index in [4.69, 9.17) is 19.0 Å². The Hall–Kier alpha value is -2.96. The highest BCUT2D eigenvalue weighted by molar-refractivity contribution is 5.93. The molecule has 1 atom stereocenters. The molecular formula is C17H17NO6. The fourth-order valence-electron chi connectivity index (χ4n) is 2.65. The van der Waals surface area contributed by atoms with E-state index < -0.39 is 11.9 Å². The molecule has 7 nitrogen and oxygen atoms in total. The van der Waals surface area contributed by atoms with Gasteiger partial charge in [0.1, 0.15) is 17.6 Å². The van der Waals surface area contributed by atoms with Crippen molar-refractivity contribution in [2.45, 2.75) is 26.0 Å². The number of carboxylic acid groups (broad SMARTS) is 1. The molecule has 1 aliphatic rings. The van der Waals surface area contributed by atoms with Crippen molar-refractivity contribution >= 4 is 11.9 Å². The van der Waals surface area contributed by atoms with Gasteiger partial charge in [0.15, 0.2) is 5.76 Å². The molecule has 24 heavy (non-hydrogen) atoms. The highest BCUT2D eigenvalue weighted by Gasteiger charge is 2.22. The van der Waals surface area contributed by atoms with Gasteiger partial charge in [0.25, 0.3) is 5.91 Å². The molecule has 0 spiro atoms. The van der Waals surface area contributed by atoms with Gasteiger partial charge in [-0.15, -0.1) is 0 Å². The van der Waals surface area contributed by atoms with Gasteiger partial charge in [0.05, 0.1) is 7.11 Å². The maximum absolute atomic E-state index is 12.1. The van der Waals surface area contributed by atoms with Crippen LogP contribution < -0.4 is 14.8 Å². The van der Waals surface area contributed by atoms with Crippen LogP contribution in [0.1, 0.15) is 39.2 Å². The predicted octanol–water partition coefficient (Wildman–Crippen LogP) is 2.24. The molecule has 3 rings (SSSR count). The number of amides is 1. The number of carbonyl (C=O) groups excluding carboxylic acids is 1. The molecule has 1 aromatic heterocycles. The lowest BCUT2D eigenvalue weighted by Crippen LogP contribution is -2.22. The van der Waals surface area contributed by atoms with Crippen molar-refractivity contribution in [3.8, 4) is 11.5 Å². The average molecular weight is 331 g/mol. The average Bonchev–Trinajstić information content (AvgIpc) is 3.17. The number of fused-ring (bicyclic) bond motifs is 1. The second kappa shape index (κ2) is 6.27. The third-order valence-corrected chi connectivity index (χ3v) is 3.78. The number of hydrogen-bond donors (Lipinski definition) is 2. The summed E-state index contributed by atoms with van der Waals surface area (Å²) in [5, 5.41) is 11.5. The Bertz CT molecular complexity index is 794. The summed E-state index contributed by atoms with van der Waals surface area (Å²) in [5.41, 5.74) is 1.84. The first-order valence-corrected chi connectivity index (χ1v) is 7.45. The van der Waals surface area contributed by atoms with Crippen molar-refractivity contribution < 1.29 is 28.6 Å². The minimum atomic E-state index is -1.22. The van der Waals surface area contributed by atoms with Gasteiger partial charge < -0.3 is 24.3 Å². The third kappa shape index (κ3) is 3.05. The molecule has 0 radical (unpaired) electrons. The summed E-state index contributed by atoms with van der Waals surface area (Å²) in [6.45, 7) is 2.20. The first kappa shape index (κ1) is 15.9. The Morgan fingerprint density at radius 1 is 1.33 bits per heavy atom. The molecule has 7 heteroatoms. The van der Waals surface area contributed by atoms with Crippen molar-refractivity contribution in [3.05, 3.63) is 46.9 Å². The van der Waals surface area contributed by atoms with Crippen LogP contribution >= 0.6 is 0 Å². The zero-order valence-corrected chi connectivity index (χ0v) is 13.3. The molecule has 0 fully saturated rings. The summed E-state index contributed by atoms with van der Waals surface area (Å²) in [4.78, 5) is 22.8. The van der Waals surface area contributed by atoms with E-state index in [0.29, 0.717) is 5.75 Å². The summed E-state index contributed by atoms with van der Waals surface area (Å²) in [7, 11) is 1.57. The van der Waals surface area contributed by atoms with Crippen LogP contribution in [-0.2, 0) is 13.0 Å². The highest BCUT2D eigenvalue weighted by Crippen LogP contribution is 2.34. The Balaban J connectivity index is 1.73. The lowest BCUT2D eigenvalue weighted by atomic mass is 10.1. The summed E-state index contributed by atoms with van der Waals surface area (Å²) < 4.78 is 16.1. The molecular weight excluding hydrogens is 314 g/mol. The topological polar surface area (TPSA) is 98.0 Å². The summed E-state index contributed by atoms with van der Waals surface area (Å²) in [6.07, 6.45) is 0.940. The number of carbonyl (C=O) groups is 2. The van der Waals surface area contributed by atoms with E-state index in [0.717, 1.165) is 23.3 Å². The lowest BCUT2D eigenvalue weighted by molar-refractivity contribution is 0.0659. The van der Waals surface area contributed by atoms with E-state index in [2.05, 4.69) is 5.32 Å². The number of methoxy groups -OCH3 is 1. The Labute approximate surface area is 138 Å². The van der Waals surface area contributed by atoms with Gasteiger partial charge in [0.2, 0.25) is 5.76 Å². The monoisotopic (exact) mass is 331 g/mol. The molecule has 0 bridgehead atoms. The van der Waals surface area contributed by atoms with Crippen LogP contribution in [0.25, 0.3) is 0 Å². The van der Waals surface area contributed by atoms with Gasteiger partial charge in [-0.1, -0.05) is 0 Å². The second-order valence-corrected chi connectivity index (χ2v) is 5.56. The number of ether oxygens (including phenoxy) is 2. The molecule has 2 N–H and O–H groups in total. The van der Waals surface area contributed by atoms with Crippen LogP contribution in [0.2, 0.25) is 0 Å². The predicted molar refractivity (Wildman–Crippen MR) is 83.6 cm³/mol. The van der Waals surface area contributed by atoms with Crippen LogP contribution in [0.5, 0.6) is 11.5 Å². The van der Waals surface area contributed by atoms with E-state index in [1.807, 2.05) is 19.1 Å². The van der Waals surface area contributed by atoms with Crippen LogP contribution in [0, 0.1) is 0 Å². The first-order chi connectivity index (χ1) is 11.5. The molecule has 1 aliphatic heterocycles. The van der Waals surface area contributed by atoms with E-state index >= 15 is 0 Å². The largest absolute Gasteiger partial charge is 0.496 e. The fourth-order valence-corrected chi connectivity index (χ4v) is 2.65. The van der Waals surface area contributed by atoms with Crippen molar-refractivity contribution in [1.29, 1.82) is 0 Å². The quantitative estimate of drug-likeness (QED) is 0.872. The van der Waals surface area contributed by atoms with Gasteiger partial charge in [-0.2, -0.15) is 0 Å². The summed E-state index contributed by atoms with van der Waals surface area (Å²) in [5.74, 6) is -0.605. The molecule has 0 aliphatic carbocycles. The zero-order chi connectivity index (χ0) is 17.3. The number of aromatic carboxylic acids is 1. The van der Waals surface area contributed by atoms with Gasteiger partial charge in [-0.3, -0.25) is 4.79 Å². The second-order valence-electron chi connectivity index (χ2n) is 5.56. The minimum absolute atomic E-state index is 0.0580. The lowest BCUT2D eigenvalue weighted by Gasteiger charge is -2.11. The smallest absolute Gasteiger partial charge is 0.371 e. The van der Waals surface area contributed by atoms with Crippen LogP contribution in [0.4, 0.5) is 0 Å². The summed E-state index contributed by atoms with van der Waals surface area (Å²) in [6, 6.07) is 6.32. The molecule has 0 saturated carbocycles. The normalized spacial score (nSPS) is 15.5. The van der Waals surface area contributed by atoms with Crippen LogP contribution in [0.15, 0.2) is 28.7 Å². The highest BCUT2D eigenvalue weighted by atomic mass is 16.5. The maximum atomic E-state index is 12.1. The molecule has 2 heterocycles. The number of hydrogen-bond acceptors (Lipinski definition) is 5. The molecule has 126 valence electrons. The third-order valence-electron chi connectivity index (χ3n) is 3.78. The van der Waals surface area contributed by atoms with Crippen LogP contribution in [0.3, 0.4) is 0 Å². The van der Waals surface area contributed by atoms with Crippen molar-refractivity contribution in [2.75, 3.05) is 7.11 Å². The number of furan rings is 1. The van der Waals surface area contributed by atoms with Crippen molar-refractivity contribution in [1.82, 2.24) is 5.32 Å². The van der Waals surface area contributed by atoms with Crippen molar-refractivity contribution in [2.24, 2.45) is 0 Å². The molecule has 1 amide bonds. The zero-order valence-electron chi connectivity index (χ0n) is 13.3. The van der Waals surface area contributed by atoms with E-state index in [-0.39, 0.29) is 24.2 Å². The molecule has 1 unspecified atom stereocenters. The van der Waals surface area contributed by atoms with Crippen molar-refractivity contribution in [3.63, 3.8) is 0 Å². The SMILES string of the molecule is COc1cc2c(cc1CNC(=O)c1ccc(C(=O)O)o1)OC(C)C2. The fraction of sp³-hybridized carbons (Fsp3) is 0.294. The Morgan fingerprint density at radius 3 is 2.75 bits per heavy atom. The van der Waals surface area contributed by atoms with Gasteiger partial charge in [-0.05, 0) is 31.2 Å². The number of nitrogens with one attached hydrogen (secondary N) is 1. The number of rotatable bonds is 5. The van der Waals surface area contributed by atoms with Gasteiger partial charge in [0, 0.05) is 24.1 Å². The minimum Gasteiger partial charge on any atom is -0.496 e.